The number of aryl methyl sites for hydroxylation is 1. The highest BCUT2D eigenvalue weighted by Crippen LogP contribution is 2.26. The van der Waals surface area contributed by atoms with Crippen LogP contribution in [0.2, 0.25) is 0 Å². The highest BCUT2D eigenvalue weighted by molar-refractivity contribution is 7.13. The lowest BCUT2D eigenvalue weighted by Gasteiger charge is -2.03. The fourth-order valence-electron chi connectivity index (χ4n) is 1.85. The molecule has 3 heterocycles. The molecule has 0 aliphatic carbocycles. The Balaban J connectivity index is 1.82. The molecule has 3 rings (SSSR count). The monoisotopic (exact) mass is 271 g/mol. The zero-order valence-electron chi connectivity index (χ0n) is 10.4. The average Bonchev–Trinajstić information content (AvgIpc) is 3.06. The van der Waals surface area contributed by atoms with E-state index in [0.717, 1.165) is 11.3 Å². The van der Waals surface area contributed by atoms with Crippen molar-refractivity contribution in [3.05, 3.63) is 47.7 Å². The van der Waals surface area contributed by atoms with Crippen molar-refractivity contribution in [3.8, 4) is 10.6 Å². The smallest absolute Gasteiger partial charge is 0.222 e. The molecule has 0 saturated carbocycles. The third-order valence-corrected chi connectivity index (χ3v) is 3.54. The van der Waals surface area contributed by atoms with Gasteiger partial charge in [0, 0.05) is 37.7 Å². The normalized spacial score (nSPS) is 10.6. The number of nitrogens with zero attached hydrogens (tertiary/aromatic N) is 4. The van der Waals surface area contributed by atoms with Gasteiger partial charge in [-0.3, -0.25) is 4.68 Å². The second kappa shape index (κ2) is 5.19. The lowest BCUT2D eigenvalue weighted by atomic mass is 10.2. The molecule has 6 heteroatoms. The van der Waals surface area contributed by atoms with Crippen LogP contribution in [0.3, 0.4) is 0 Å². The van der Waals surface area contributed by atoms with E-state index in [1.54, 1.807) is 29.8 Å². The summed E-state index contributed by atoms with van der Waals surface area (Å²) in [5.41, 5.74) is 2.15. The molecule has 0 radical (unpaired) electrons. The van der Waals surface area contributed by atoms with Gasteiger partial charge in [-0.05, 0) is 17.5 Å². The van der Waals surface area contributed by atoms with Gasteiger partial charge in [-0.25, -0.2) is 9.97 Å². The molecule has 0 bridgehead atoms. The fourth-order valence-corrected chi connectivity index (χ4v) is 2.60. The maximum absolute atomic E-state index is 4.51. The van der Waals surface area contributed by atoms with Crippen molar-refractivity contribution >= 4 is 17.3 Å². The number of anilines is 1. The summed E-state index contributed by atoms with van der Waals surface area (Å²) in [5, 5.41) is 9.77. The summed E-state index contributed by atoms with van der Waals surface area (Å²) in [7, 11) is 1.93. The number of hydrogen-bond acceptors (Lipinski definition) is 5. The van der Waals surface area contributed by atoms with Gasteiger partial charge in [0.25, 0.3) is 0 Å². The van der Waals surface area contributed by atoms with E-state index < -0.39 is 0 Å². The van der Waals surface area contributed by atoms with Crippen LogP contribution < -0.4 is 5.32 Å². The van der Waals surface area contributed by atoms with Crippen molar-refractivity contribution in [2.75, 3.05) is 5.32 Å². The fraction of sp³-hybridized carbons (Fsp3) is 0.154. The molecule has 19 heavy (non-hydrogen) atoms. The first-order valence-electron chi connectivity index (χ1n) is 5.90. The summed E-state index contributed by atoms with van der Waals surface area (Å²) in [5.74, 6) is 0.628. The SMILES string of the molecule is Cn1cc(CNc2ncccn2)c(-c2cccs2)n1. The molecule has 0 spiro atoms. The highest BCUT2D eigenvalue weighted by Gasteiger charge is 2.11. The summed E-state index contributed by atoms with van der Waals surface area (Å²) in [6, 6.07) is 5.91. The van der Waals surface area contributed by atoms with Crippen LogP contribution in [0.1, 0.15) is 5.56 Å². The third-order valence-electron chi connectivity index (χ3n) is 2.66. The number of thiophene rings is 1. The standard InChI is InChI=1S/C13H13N5S/c1-18-9-10(8-16-13-14-5-3-6-15-13)12(17-18)11-4-2-7-19-11/h2-7,9H,8H2,1H3,(H,14,15,16). The lowest BCUT2D eigenvalue weighted by Crippen LogP contribution is -2.02. The lowest BCUT2D eigenvalue weighted by molar-refractivity contribution is 0.770. The van der Waals surface area contributed by atoms with Crippen molar-refractivity contribution < 1.29 is 0 Å². The van der Waals surface area contributed by atoms with Gasteiger partial charge in [-0.1, -0.05) is 6.07 Å². The molecular weight excluding hydrogens is 258 g/mol. The summed E-state index contributed by atoms with van der Waals surface area (Å²) in [6.07, 6.45) is 5.46. The molecule has 3 aromatic rings. The van der Waals surface area contributed by atoms with Crippen LogP contribution in [0.5, 0.6) is 0 Å². The van der Waals surface area contributed by atoms with Crippen LogP contribution >= 0.6 is 11.3 Å². The Hall–Kier alpha value is -2.21. The van der Waals surface area contributed by atoms with Crippen LogP contribution in [0, 0.1) is 0 Å². The minimum Gasteiger partial charge on any atom is -0.350 e. The minimum absolute atomic E-state index is 0.628. The van der Waals surface area contributed by atoms with Crippen LogP contribution in [0.4, 0.5) is 5.95 Å². The first-order chi connectivity index (χ1) is 9.33. The van der Waals surface area contributed by atoms with E-state index in [2.05, 4.69) is 31.8 Å². The third kappa shape index (κ3) is 2.63. The van der Waals surface area contributed by atoms with Gasteiger partial charge in [0.05, 0.1) is 4.88 Å². The van der Waals surface area contributed by atoms with Gasteiger partial charge < -0.3 is 5.32 Å². The Bertz CT molecular complexity index is 645. The van der Waals surface area contributed by atoms with Gasteiger partial charge in [0.15, 0.2) is 0 Å². The Morgan fingerprint density at radius 1 is 1.26 bits per heavy atom. The van der Waals surface area contributed by atoms with E-state index in [-0.39, 0.29) is 0 Å². The Morgan fingerprint density at radius 3 is 2.84 bits per heavy atom. The van der Waals surface area contributed by atoms with E-state index in [4.69, 9.17) is 0 Å². The zero-order chi connectivity index (χ0) is 13.1. The number of hydrogen-bond donors (Lipinski definition) is 1. The van der Waals surface area contributed by atoms with Gasteiger partial charge in [-0.15, -0.1) is 11.3 Å². The summed E-state index contributed by atoms with van der Waals surface area (Å²) in [6.45, 7) is 0.658. The van der Waals surface area contributed by atoms with Gasteiger partial charge in [0.1, 0.15) is 5.69 Å². The molecule has 96 valence electrons. The first-order valence-corrected chi connectivity index (χ1v) is 6.78. The topological polar surface area (TPSA) is 55.6 Å². The first kappa shape index (κ1) is 11.9. The molecule has 3 aromatic heterocycles. The molecule has 0 aromatic carbocycles. The van der Waals surface area contributed by atoms with Gasteiger partial charge in [0.2, 0.25) is 5.95 Å². The maximum Gasteiger partial charge on any atom is 0.222 e. The second-order valence-corrected chi connectivity index (χ2v) is 5.03. The Kier molecular flexibility index (Phi) is 3.24. The van der Waals surface area contributed by atoms with Crippen LogP contribution in [-0.2, 0) is 13.6 Å². The summed E-state index contributed by atoms with van der Waals surface area (Å²) < 4.78 is 1.83. The largest absolute Gasteiger partial charge is 0.350 e. The van der Waals surface area contributed by atoms with Gasteiger partial charge in [-0.2, -0.15) is 5.10 Å². The van der Waals surface area contributed by atoms with E-state index in [1.165, 1.54) is 4.88 Å². The van der Waals surface area contributed by atoms with E-state index >= 15 is 0 Å². The van der Waals surface area contributed by atoms with Crippen LogP contribution in [0.15, 0.2) is 42.2 Å². The predicted molar refractivity (Wildman–Crippen MR) is 75.9 cm³/mol. The predicted octanol–water partition coefficient (Wildman–Crippen LogP) is 2.55. The zero-order valence-corrected chi connectivity index (χ0v) is 11.3. The number of rotatable bonds is 4. The Morgan fingerprint density at radius 2 is 2.11 bits per heavy atom. The van der Waals surface area contributed by atoms with Crippen molar-refractivity contribution in [1.82, 2.24) is 19.7 Å². The number of nitrogens with one attached hydrogen (secondary N) is 1. The van der Waals surface area contributed by atoms with E-state index in [0.29, 0.717) is 12.5 Å². The van der Waals surface area contributed by atoms with Crippen LogP contribution in [0.25, 0.3) is 10.6 Å². The van der Waals surface area contributed by atoms with Crippen molar-refractivity contribution in [2.45, 2.75) is 6.54 Å². The summed E-state index contributed by atoms with van der Waals surface area (Å²) >= 11 is 1.69. The van der Waals surface area contributed by atoms with E-state index in [9.17, 15) is 0 Å². The average molecular weight is 271 g/mol. The molecule has 1 N–H and O–H groups in total. The molecule has 5 nitrogen and oxygen atoms in total. The molecule has 0 saturated heterocycles. The molecule has 0 fully saturated rings. The molecular formula is C13H13N5S. The van der Waals surface area contributed by atoms with Crippen molar-refractivity contribution in [2.24, 2.45) is 7.05 Å². The molecule has 0 amide bonds. The molecule has 0 atom stereocenters. The molecule has 0 aliphatic heterocycles. The van der Waals surface area contributed by atoms with Crippen molar-refractivity contribution in [1.29, 1.82) is 0 Å². The summed E-state index contributed by atoms with van der Waals surface area (Å²) in [4.78, 5) is 9.46. The van der Waals surface area contributed by atoms with Crippen LogP contribution in [-0.4, -0.2) is 19.7 Å². The molecule has 0 unspecified atom stereocenters. The highest BCUT2D eigenvalue weighted by atomic mass is 32.1. The number of aromatic nitrogens is 4. The van der Waals surface area contributed by atoms with Crippen molar-refractivity contribution in [3.63, 3.8) is 0 Å². The second-order valence-electron chi connectivity index (χ2n) is 4.08. The van der Waals surface area contributed by atoms with Gasteiger partial charge >= 0.3 is 0 Å². The van der Waals surface area contributed by atoms with E-state index in [1.807, 2.05) is 24.0 Å². The molecule has 0 aliphatic rings. The Labute approximate surface area is 115 Å². The minimum atomic E-state index is 0.628. The quantitative estimate of drug-likeness (QED) is 0.792. The maximum atomic E-state index is 4.51.